The van der Waals surface area contributed by atoms with E-state index in [-0.39, 0.29) is 35.3 Å². The van der Waals surface area contributed by atoms with Crippen LogP contribution in [0, 0.1) is 17.6 Å². The summed E-state index contributed by atoms with van der Waals surface area (Å²) in [5, 5.41) is 9.46. The van der Waals surface area contributed by atoms with Crippen molar-refractivity contribution in [3.05, 3.63) is 57.5 Å². The van der Waals surface area contributed by atoms with Crippen molar-refractivity contribution >= 4 is 11.8 Å². The van der Waals surface area contributed by atoms with E-state index in [1.807, 2.05) is 0 Å². The Morgan fingerprint density at radius 2 is 2.23 bits per heavy atom. The summed E-state index contributed by atoms with van der Waals surface area (Å²) in [6.45, 7) is 0.0795. The third kappa shape index (κ3) is 3.20. The molecule has 0 aliphatic heterocycles. The molecule has 3 rings (SSSR count). The van der Waals surface area contributed by atoms with Crippen molar-refractivity contribution in [3.63, 3.8) is 0 Å². The van der Waals surface area contributed by atoms with Crippen LogP contribution in [0.3, 0.4) is 0 Å². The van der Waals surface area contributed by atoms with Crippen LogP contribution in [0.5, 0.6) is 0 Å². The molecule has 4 nitrogen and oxygen atoms in total. The minimum atomic E-state index is -0.892. The highest BCUT2D eigenvalue weighted by Gasteiger charge is 2.39. The van der Waals surface area contributed by atoms with E-state index in [1.165, 1.54) is 18.2 Å². The van der Waals surface area contributed by atoms with Gasteiger partial charge in [-0.3, -0.25) is 4.79 Å². The average molecular weight is 324 g/mol. The summed E-state index contributed by atoms with van der Waals surface area (Å²) in [6, 6.07) is 5.42. The molecule has 0 radical (unpaired) electrons. The molecule has 1 aromatic heterocycles. The number of aliphatic hydroxyl groups excluding tert-OH is 1. The second-order valence-corrected chi connectivity index (χ2v) is 6.23. The van der Waals surface area contributed by atoms with Gasteiger partial charge in [0, 0.05) is 29.9 Å². The maximum Gasteiger partial charge on any atom is 0.251 e. The summed E-state index contributed by atoms with van der Waals surface area (Å²) in [6.07, 6.45) is 0.815. The van der Waals surface area contributed by atoms with Gasteiger partial charge in [-0.25, -0.2) is 13.8 Å². The second-order valence-electron chi connectivity index (χ2n) is 5.26. The lowest BCUT2D eigenvalue weighted by atomic mass is 10.2. The summed E-state index contributed by atoms with van der Waals surface area (Å²) in [5.74, 6) is -1.33. The zero-order valence-corrected chi connectivity index (χ0v) is 12.4. The van der Waals surface area contributed by atoms with Crippen LogP contribution in [-0.4, -0.2) is 21.7 Å². The Bertz CT molecular complexity index is 751. The molecular weight excluding hydrogens is 310 g/mol. The van der Waals surface area contributed by atoms with Gasteiger partial charge in [-0.05, 0) is 18.4 Å². The van der Waals surface area contributed by atoms with Gasteiger partial charge in [-0.2, -0.15) is 0 Å². The maximum atomic E-state index is 13.6. The molecule has 1 aliphatic rings. The van der Waals surface area contributed by atoms with Crippen LogP contribution in [0.2, 0.25) is 0 Å². The van der Waals surface area contributed by atoms with Crippen LogP contribution in [0.15, 0.2) is 34.2 Å². The van der Waals surface area contributed by atoms with E-state index in [4.69, 9.17) is 5.11 Å². The van der Waals surface area contributed by atoms with Gasteiger partial charge in [-0.1, -0.05) is 23.9 Å². The lowest BCUT2D eigenvalue weighted by molar-refractivity contribution is 0.273. The predicted molar refractivity (Wildman–Crippen MR) is 78.7 cm³/mol. The number of hydrogen-bond donors (Lipinski definition) is 2. The number of nitrogens with zero attached hydrogens (tertiary/aromatic N) is 1. The summed E-state index contributed by atoms with van der Waals surface area (Å²) in [5.41, 5.74) is 0.582. The van der Waals surface area contributed by atoms with Crippen molar-refractivity contribution in [3.8, 4) is 0 Å². The first kappa shape index (κ1) is 15.2. The molecule has 1 heterocycles. The SMILES string of the molecule is O=c1cc([C@@H]2C[C@H]2CO)nc(SCc2cccc(F)c2F)[nH]1. The Labute approximate surface area is 129 Å². The summed E-state index contributed by atoms with van der Waals surface area (Å²) in [4.78, 5) is 18.6. The molecule has 1 aromatic carbocycles. The summed E-state index contributed by atoms with van der Waals surface area (Å²) < 4.78 is 26.7. The number of halogens is 2. The van der Waals surface area contributed by atoms with Crippen LogP contribution in [-0.2, 0) is 5.75 Å². The van der Waals surface area contributed by atoms with E-state index in [1.54, 1.807) is 0 Å². The Hall–Kier alpha value is -1.73. The Kier molecular flexibility index (Phi) is 4.26. The number of hydrogen-bond acceptors (Lipinski definition) is 4. The minimum absolute atomic E-state index is 0.0795. The van der Waals surface area contributed by atoms with Gasteiger partial charge in [-0.15, -0.1) is 0 Å². The van der Waals surface area contributed by atoms with Gasteiger partial charge in [0.05, 0.1) is 5.69 Å². The Morgan fingerprint density at radius 3 is 2.95 bits per heavy atom. The number of rotatable bonds is 5. The van der Waals surface area contributed by atoms with Crippen molar-refractivity contribution in [2.24, 2.45) is 5.92 Å². The summed E-state index contributed by atoms with van der Waals surface area (Å²) >= 11 is 1.14. The fourth-order valence-electron chi connectivity index (χ4n) is 2.33. The number of aromatic nitrogens is 2. The van der Waals surface area contributed by atoms with Crippen LogP contribution in [0.4, 0.5) is 8.78 Å². The van der Waals surface area contributed by atoms with E-state index in [0.717, 1.165) is 24.2 Å². The average Bonchev–Trinajstić information content (AvgIpc) is 3.28. The molecule has 7 heteroatoms. The number of nitrogens with one attached hydrogen (secondary N) is 1. The molecule has 116 valence electrons. The normalized spacial score (nSPS) is 20.1. The van der Waals surface area contributed by atoms with Gasteiger partial charge in [0.15, 0.2) is 16.8 Å². The van der Waals surface area contributed by atoms with Gasteiger partial charge in [0.25, 0.3) is 5.56 Å². The Balaban J connectivity index is 1.75. The standard InChI is InChI=1S/C15H14F2N2O2S/c16-11-3-1-2-8(14(11)17)7-22-15-18-12(5-13(21)19-15)10-4-9(10)6-20/h1-3,5,9-10,20H,4,6-7H2,(H,18,19,21)/t9-,10+/m0/s1. The Morgan fingerprint density at radius 1 is 1.41 bits per heavy atom. The van der Waals surface area contributed by atoms with Crippen LogP contribution in [0.1, 0.15) is 23.6 Å². The third-order valence-electron chi connectivity index (χ3n) is 3.67. The third-order valence-corrected chi connectivity index (χ3v) is 4.59. The van der Waals surface area contributed by atoms with E-state index >= 15 is 0 Å². The highest BCUT2D eigenvalue weighted by Crippen LogP contribution is 2.46. The van der Waals surface area contributed by atoms with Gasteiger partial charge < -0.3 is 10.1 Å². The minimum Gasteiger partial charge on any atom is -0.396 e. The summed E-state index contributed by atoms with van der Waals surface area (Å²) in [7, 11) is 0. The lowest BCUT2D eigenvalue weighted by Crippen LogP contribution is -2.10. The molecule has 0 unspecified atom stereocenters. The molecule has 0 saturated heterocycles. The van der Waals surface area contributed by atoms with E-state index in [9.17, 15) is 13.6 Å². The number of H-pyrrole nitrogens is 1. The first-order valence-corrected chi connectivity index (χ1v) is 7.85. The van der Waals surface area contributed by atoms with Crippen LogP contribution in [0.25, 0.3) is 0 Å². The molecule has 1 saturated carbocycles. The highest BCUT2D eigenvalue weighted by molar-refractivity contribution is 7.98. The highest BCUT2D eigenvalue weighted by atomic mass is 32.2. The number of aliphatic hydroxyl groups is 1. The largest absolute Gasteiger partial charge is 0.396 e. The molecule has 0 amide bonds. The molecule has 22 heavy (non-hydrogen) atoms. The first-order chi connectivity index (χ1) is 10.6. The van der Waals surface area contributed by atoms with Crippen LogP contribution < -0.4 is 5.56 Å². The molecule has 0 spiro atoms. The molecule has 0 bridgehead atoms. The number of thioether (sulfide) groups is 1. The molecule has 2 N–H and O–H groups in total. The van der Waals surface area contributed by atoms with Crippen molar-refractivity contribution in [2.75, 3.05) is 6.61 Å². The van der Waals surface area contributed by atoms with E-state index in [0.29, 0.717) is 10.9 Å². The fourth-order valence-corrected chi connectivity index (χ4v) is 3.19. The molecule has 1 fully saturated rings. The first-order valence-electron chi connectivity index (χ1n) is 6.86. The van der Waals surface area contributed by atoms with Gasteiger partial charge in [0.2, 0.25) is 0 Å². The topological polar surface area (TPSA) is 66.0 Å². The van der Waals surface area contributed by atoms with E-state index < -0.39 is 11.6 Å². The zero-order chi connectivity index (χ0) is 15.7. The van der Waals surface area contributed by atoms with Crippen molar-refractivity contribution in [1.29, 1.82) is 0 Å². The van der Waals surface area contributed by atoms with Crippen molar-refractivity contribution in [1.82, 2.24) is 9.97 Å². The van der Waals surface area contributed by atoms with Crippen LogP contribution >= 0.6 is 11.8 Å². The smallest absolute Gasteiger partial charge is 0.251 e. The fraction of sp³-hybridized carbons (Fsp3) is 0.333. The van der Waals surface area contributed by atoms with Gasteiger partial charge in [0.1, 0.15) is 0 Å². The second kappa shape index (κ2) is 6.18. The van der Waals surface area contributed by atoms with E-state index in [2.05, 4.69) is 9.97 Å². The molecule has 2 atom stereocenters. The van der Waals surface area contributed by atoms with Crippen molar-refractivity contribution in [2.45, 2.75) is 23.2 Å². The lowest BCUT2D eigenvalue weighted by Gasteiger charge is -2.05. The number of benzene rings is 1. The monoisotopic (exact) mass is 324 g/mol. The molecular formula is C15H14F2N2O2S. The maximum absolute atomic E-state index is 13.6. The predicted octanol–water partition coefficient (Wildman–Crippen LogP) is 2.44. The zero-order valence-electron chi connectivity index (χ0n) is 11.6. The van der Waals surface area contributed by atoms with Crippen molar-refractivity contribution < 1.29 is 13.9 Å². The van der Waals surface area contributed by atoms with Gasteiger partial charge >= 0.3 is 0 Å². The quantitative estimate of drug-likeness (QED) is 0.655. The molecule has 1 aliphatic carbocycles. The molecule has 2 aromatic rings. The number of aromatic amines is 1.